The Labute approximate surface area is 104 Å². The lowest BCUT2D eigenvalue weighted by molar-refractivity contribution is -0.127. The van der Waals surface area contributed by atoms with Crippen LogP contribution in [0.15, 0.2) is 0 Å². The highest BCUT2D eigenvalue weighted by Crippen LogP contribution is 2.18. The number of nitrogens with one attached hydrogen (secondary N) is 1. The van der Waals surface area contributed by atoms with Gasteiger partial charge < -0.3 is 10.4 Å². The molecule has 0 aromatic heterocycles. The van der Waals surface area contributed by atoms with Gasteiger partial charge in [0.05, 0.1) is 12.1 Å². The predicted octanol–water partition coefficient (Wildman–Crippen LogP) is 0.850. The molecule has 4 nitrogen and oxygen atoms in total. The normalized spacial score (nSPS) is 28.1. The van der Waals surface area contributed by atoms with Gasteiger partial charge in [-0.25, -0.2) is 0 Å². The molecule has 17 heavy (non-hydrogen) atoms. The van der Waals surface area contributed by atoms with Crippen LogP contribution in [0.5, 0.6) is 0 Å². The molecular weight excluding hydrogens is 216 g/mol. The van der Waals surface area contributed by atoms with Crippen molar-refractivity contribution in [2.45, 2.75) is 46.3 Å². The molecule has 1 saturated heterocycles. The molecule has 3 atom stereocenters. The highest BCUT2D eigenvalue weighted by molar-refractivity contribution is 5.81. The summed E-state index contributed by atoms with van der Waals surface area (Å²) < 4.78 is 0. The Morgan fingerprint density at radius 2 is 2.12 bits per heavy atom. The number of aliphatic hydroxyl groups excluding tert-OH is 1. The minimum Gasteiger partial charge on any atom is -0.393 e. The molecule has 0 bridgehead atoms. The molecule has 1 fully saturated rings. The van der Waals surface area contributed by atoms with Crippen molar-refractivity contribution in [3.8, 4) is 0 Å². The summed E-state index contributed by atoms with van der Waals surface area (Å²) in [5.41, 5.74) is 0. The number of hydrogen-bond acceptors (Lipinski definition) is 3. The first kappa shape index (κ1) is 14.5. The summed E-state index contributed by atoms with van der Waals surface area (Å²) in [6.45, 7) is 10.5. The Hall–Kier alpha value is -0.610. The second-order valence-electron chi connectivity index (χ2n) is 5.64. The lowest BCUT2D eigenvalue weighted by Gasteiger charge is -2.37. The van der Waals surface area contributed by atoms with Gasteiger partial charge in [-0.1, -0.05) is 20.8 Å². The zero-order valence-corrected chi connectivity index (χ0v) is 11.4. The quantitative estimate of drug-likeness (QED) is 0.768. The smallest absolute Gasteiger partial charge is 0.237 e. The zero-order valence-electron chi connectivity index (χ0n) is 11.4. The van der Waals surface area contributed by atoms with Gasteiger partial charge in [0.2, 0.25) is 5.91 Å². The standard InChI is InChI=1S/C13H26N2O2/c1-9(2)7-14-13(17)11(4)15-6-5-12(16)10(3)8-15/h9-12,16H,5-8H2,1-4H3,(H,14,17). The molecule has 1 aliphatic heterocycles. The number of aliphatic hydroxyl groups is 1. The van der Waals surface area contributed by atoms with Crippen LogP contribution in [-0.4, -0.2) is 47.7 Å². The van der Waals surface area contributed by atoms with E-state index in [0.717, 1.165) is 26.1 Å². The molecule has 2 N–H and O–H groups in total. The molecule has 0 radical (unpaired) electrons. The van der Waals surface area contributed by atoms with Crippen LogP contribution < -0.4 is 5.32 Å². The van der Waals surface area contributed by atoms with Gasteiger partial charge in [0.1, 0.15) is 0 Å². The van der Waals surface area contributed by atoms with Crippen LogP contribution in [0.4, 0.5) is 0 Å². The number of rotatable bonds is 4. The number of hydrogen-bond donors (Lipinski definition) is 2. The van der Waals surface area contributed by atoms with Crippen molar-refractivity contribution in [3.63, 3.8) is 0 Å². The molecule has 1 rings (SSSR count). The molecule has 0 spiro atoms. The molecular formula is C13H26N2O2. The first-order chi connectivity index (χ1) is 7.91. The van der Waals surface area contributed by atoms with Gasteiger partial charge in [-0.05, 0) is 25.2 Å². The molecule has 0 aliphatic carbocycles. The molecule has 0 saturated carbocycles. The Kier molecular flexibility index (Phi) is 5.40. The Morgan fingerprint density at radius 1 is 1.47 bits per heavy atom. The van der Waals surface area contributed by atoms with E-state index in [4.69, 9.17) is 0 Å². The van der Waals surface area contributed by atoms with E-state index in [2.05, 4.69) is 24.1 Å². The Balaban J connectivity index is 2.41. The average molecular weight is 242 g/mol. The number of nitrogens with zero attached hydrogens (tertiary/aromatic N) is 1. The molecule has 4 heteroatoms. The monoisotopic (exact) mass is 242 g/mol. The van der Waals surface area contributed by atoms with E-state index >= 15 is 0 Å². The van der Waals surface area contributed by atoms with E-state index in [-0.39, 0.29) is 24.0 Å². The Bertz CT molecular complexity index is 256. The number of amides is 1. The summed E-state index contributed by atoms with van der Waals surface area (Å²) in [5.74, 6) is 0.833. The Morgan fingerprint density at radius 3 is 2.65 bits per heavy atom. The fourth-order valence-electron chi connectivity index (χ4n) is 2.14. The number of piperidine rings is 1. The molecule has 1 aliphatic rings. The van der Waals surface area contributed by atoms with Crippen LogP contribution in [0.3, 0.4) is 0 Å². The number of carbonyl (C=O) groups is 1. The van der Waals surface area contributed by atoms with Crippen LogP contribution in [-0.2, 0) is 4.79 Å². The topological polar surface area (TPSA) is 52.6 Å². The maximum absolute atomic E-state index is 11.9. The van der Waals surface area contributed by atoms with Crippen molar-refractivity contribution in [1.82, 2.24) is 10.2 Å². The fourth-order valence-corrected chi connectivity index (χ4v) is 2.14. The van der Waals surface area contributed by atoms with E-state index < -0.39 is 0 Å². The summed E-state index contributed by atoms with van der Waals surface area (Å²) >= 11 is 0. The predicted molar refractivity (Wildman–Crippen MR) is 68.7 cm³/mol. The molecule has 3 unspecified atom stereocenters. The van der Waals surface area contributed by atoms with Crippen LogP contribution in [0.25, 0.3) is 0 Å². The second-order valence-corrected chi connectivity index (χ2v) is 5.64. The van der Waals surface area contributed by atoms with Gasteiger partial charge >= 0.3 is 0 Å². The highest BCUT2D eigenvalue weighted by atomic mass is 16.3. The van der Waals surface area contributed by atoms with E-state index in [1.807, 2.05) is 13.8 Å². The van der Waals surface area contributed by atoms with Gasteiger partial charge in [0.15, 0.2) is 0 Å². The third-order valence-corrected chi connectivity index (χ3v) is 3.50. The van der Waals surface area contributed by atoms with E-state index in [9.17, 15) is 9.90 Å². The van der Waals surface area contributed by atoms with Crippen LogP contribution in [0, 0.1) is 11.8 Å². The van der Waals surface area contributed by atoms with Gasteiger partial charge in [0.25, 0.3) is 0 Å². The van der Waals surface area contributed by atoms with E-state index in [0.29, 0.717) is 5.92 Å². The summed E-state index contributed by atoms with van der Waals surface area (Å²) in [6.07, 6.45) is 0.556. The van der Waals surface area contributed by atoms with Crippen LogP contribution in [0.1, 0.15) is 34.1 Å². The van der Waals surface area contributed by atoms with Crippen molar-refractivity contribution in [1.29, 1.82) is 0 Å². The minimum absolute atomic E-state index is 0.0938. The van der Waals surface area contributed by atoms with Gasteiger partial charge in [0, 0.05) is 19.6 Å². The molecule has 1 heterocycles. The fraction of sp³-hybridized carbons (Fsp3) is 0.923. The highest BCUT2D eigenvalue weighted by Gasteiger charge is 2.29. The molecule has 100 valence electrons. The third-order valence-electron chi connectivity index (χ3n) is 3.50. The van der Waals surface area contributed by atoms with Gasteiger partial charge in [-0.3, -0.25) is 9.69 Å². The van der Waals surface area contributed by atoms with Crippen molar-refractivity contribution in [2.75, 3.05) is 19.6 Å². The molecule has 0 aromatic carbocycles. The summed E-state index contributed by atoms with van der Waals surface area (Å²) in [6, 6.07) is -0.0938. The first-order valence-electron chi connectivity index (χ1n) is 6.61. The molecule has 1 amide bonds. The van der Waals surface area contributed by atoms with Crippen LogP contribution >= 0.6 is 0 Å². The third kappa shape index (κ3) is 4.28. The maximum atomic E-state index is 11.9. The van der Waals surface area contributed by atoms with Crippen molar-refractivity contribution >= 4 is 5.91 Å². The summed E-state index contributed by atoms with van der Waals surface area (Å²) in [7, 11) is 0. The lowest BCUT2D eigenvalue weighted by atomic mass is 9.95. The lowest BCUT2D eigenvalue weighted by Crippen LogP contribution is -2.52. The van der Waals surface area contributed by atoms with Crippen LogP contribution in [0.2, 0.25) is 0 Å². The summed E-state index contributed by atoms with van der Waals surface area (Å²) in [4.78, 5) is 14.1. The number of likely N-dealkylation sites (tertiary alicyclic amines) is 1. The van der Waals surface area contributed by atoms with Crippen molar-refractivity contribution in [2.24, 2.45) is 11.8 Å². The minimum atomic E-state index is -0.211. The van der Waals surface area contributed by atoms with Gasteiger partial charge in [-0.2, -0.15) is 0 Å². The van der Waals surface area contributed by atoms with E-state index in [1.165, 1.54) is 0 Å². The molecule has 0 aromatic rings. The average Bonchev–Trinajstić information content (AvgIpc) is 2.28. The SMILES string of the molecule is CC(C)CNC(=O)C(C)N1CCC(O)C(C)C1. The van der Waals surface area contributed by atoms with Gasteiger partial charge in [-0.15, -0.1) is 0 Å². The second kappa shape index (κ2) is 6.36. The van der Waals surface area contributed by atoms with Crippen molar-refractivity contribution < 1.29 is 9.90 Å². The first-order valence-corrected chi connectivity index (χ1v) is 6.61. The largest absolute Gasteiger partial charge is 0.393 e. The summed E-state index contributed by atoms with van der Waals surface area (Å²) in [5, 5.41) is 12.6. The number of carbonyl (C=O) groups excluding carboxylic acids is 1. The van der Waals surface area contributed by atoms with E-state index in [1.54, 1.807) is 0 Å². The zero-order chi connectivity index (χ0) is 13.0. The maximum Gasteiger partial charge on any atom is 0.237 e. The van der Waals surface area contributed by atoms with Crippen molar-refractivity contribution in [3.05, 3.63) is 0 Å².